The van der Waals surface area contributed by atoms with E-state index >= 15 is 0 Å². The Morgan fingerprint density at radius 1 is 1.19 bits per heavy atom. The van der Waals surface area contributed by atoms with Crippen LogP contribution < -0.4 is 9.47 Å². The quantitative estimate of drug-likeness (QED) is 0.850. The van der Waals surface area contributed by atoms with Gasteiger partial charge in [-0.05, 0) is 31.5 Å². The third kappa shape index (κ3) is 3.88. The molecule has 1 aromatic rings. The van der Waals surface area contributed by atoms with Crippen LogP contribution in [0.2, 0.25) is 0 Å². The lowest BCUT2D eigenvalue weighted by atomic mass is 10.1. The Morgan fingerprint density at radius 3 is 2.38 bits per heavy atom. The number of morpholine rings is 1. The van der Waals surface area contributed by atoms with E-state index in [0.717, 1.165) is 5.56 Å². The minimum absolute atomic E-state index is 0.0862. The van der Waals surface area contributed by atoms with Crippen LogP contribution in [0.25, 0.3) is 0 Å². The Kier molecular flexibility index (Phi) is 5.07. The molecule has 0 unspecified atom stereocenters. The zero-order chi connectivity index (χ0) is 15.4. The molecule has 1 amide bonds. The van der Waals surface area contributed by atoms with Gasteiger partial charge in [-0.2, -0.15) is 0 Å². The summed E-state index contributed by atoms with van der Waals surface area (Å²) in [7, 11) is 3.19. The van der Waals surface area contributed by atoms with Crippen molar-refractivity contribution in [1.82, 2.24) is 4.90 Å². The summed E-state index contributed by atoms with van der Waals surface area (Å²) >= 11 is 0. The molecule has 1 aliphatic rings. The summed E-state index contributed by atoms with van der Waals surface area (Å²) in [6.07, 6.45) is 0.533. The number of nitrogens with zero attached hydrogens (tertiary/aromatic N) is 1. The third-order valence-corrected chi connectivity index (χ3v) is 3.58. The fraction of sp³-hybridized carbons (Fsp3) is 0.562. The first-order chi connectivity index (χ1) is 10.0. The van der Waals surface area contributed by atoms with Gasteiger partial charge in [-0.15, -0.1) is 0 Å². The van der Waals surface area contributed by atoms with Crippen molar-refractivity contribution in [3.05, 3.63) is 23.8 Å². The van der Waals surface area contributed by atoms with E-state index in [-0.39, 0.29) is 18.1 Å². The normalized spacial score (nSPS) is 22.0. The molecule has 5 nitrogen and oxygen atoms in total. The molecule has 2 atom stereocenters. The van der Waals surface area contributed by atoms with Gasteiger partial charge in [0.25, 0.3) is 0 Å². The fourth-order valence-corrected chi connectivity index (χ4v) is 2.66. The van der Waals surface area contributed by atoms with Gasteiger partial charge in [-0.25, -0.2) is 0 Å². The molecule has 116 valence electrons. The number of carbonyl (C=O) groups is 1. The summed E-state index contributed by atoms with van der Waals surface area (Å²) in [5.41, 5.74) is 0.921. The smallest absolute Gasteiger partial charge is 0.227 e. The van der Waals surface area contributed by atoms with Crippen LogP contribution in [0.5, 0.6) is 11.5 Å². The first-order valence-electron chi connectivity index (χ1n) is 7.17. The molecule has 0 radical (unpaired) electrons. The monoisotopic (exact) mass is 293 g/mol. The SMILES string of the molecule is COc1ccc(CC(=O)N2C[C@@H](C)O[C@H](C)C2)cc1OC. The van der Waals surface area contributed by atoms with Gasteiger partial charge in [0.05, 0.1) is 32.8 Å². The third-order valence-electron chi connectivity index (χ3n) is 3.58. The number of rotatable bonds is 4. The van der Waals surface area contributed by atoms with E-state index in [0.29, 0.717) is 31.0 Å². The molecule has 1 aromatic carbocycles. The van der Waals surface area contributed by atoms with Gasteiger partial charge >= 0.3 is 0 Å². The summed E-state index contributed by atoms with van der Waals surface area (Å²) in [5.74, 6) is 1.43. The highest BCUT2D eigenvalue weighted by molar-refractivity contribution is 5.79. The van der Waals surface area contributed by atoms with E-state index in [4.69, 9.17) is 14.2 Å². The molecule has 5 heteroatoms. The van der Waals surface area contributed by atoms with Crippen LogP contribution in [0.1, 0.15) is 19.4 Å². The van der Waals surface area contributed by atoms with Crippen molar-refractivity contribution in [3.63, 3.8) is 0 Å². The molecule has 0 spiro atoms. The highest BCUT2D eigenvalue weighted by Gasteiger charge is 2.25. The van der Waals surface area contributed by atoms with Crippen LogP contribution in [0.3, 0.4) is 0 Å². The summed E-state index contributed by atoms with van der Waals surface area (Å²) in [4.78, 5) is 14.3. The molecule has 0 bridgehead atoms. The van der Waals surface area contributed by atoms with Crippen molar-refractivity contribution in [2.24, 2.45) is 0 Å². The summed E-state index contributed by atoms with van der Waals surface area (Å²) in [6, 6.07) is 5.57. The fourth-order valence-electron chi connectivity index (χ4n) is 2.66. The number of hydrogen-bond acceptors (Lipinski definition) is 4. The van der Waals surface area contributed by atoms with Crippen molar-refractivity contribution in [1.29, 1.82) is 0 Å². The predicted molar refractivity (Wildman–Crippen MR) is 79.8 cm³/mol. The minimum Gasteiger partial charge on any atom is -0.493 e. The largest absolute Gasteiger partial charge is 0.493 e. The van der Waals surface area contributed by atoms with E-state index in [9.17, 15) is 4.79 Å². The van der Waals surface area contributed by atoms with Gasteiger partial charge in [0.2, 0.25) is 5.91 Å². The molecule has 1 heterocycles. The van der Waals surface area contributed by atoms with E-state index in [2.05, 4.69) is 0 Å². The van der Waals surface area contributed by atoms with Crippen LogP contribution in [-0.4, -0.2) is 50.3 Å². The van der Waals surface area contributed by atoms with Gasteiger partial charge in [0.15, 0.2) is 11.5 Å². The maximum absolute atomic E-state index is 12.4. The predicted octanol–water partition coefficient (Wildman–Crippen LogP) is 1.88. The summed E-state index contributed by atoms with van der Waals surface area (Å²) in [6.45, 7) is 5.28. The number of ether oxygens (including phenoxy) is 3. The lowest BCUT2D eigenvalue weighted by Gasteiger charge is -2.35. The molecule has 1 saturated heterocycles. The second-order valence-corrected chi connectivity index (χ2v) is 5.42. The Bertz CT molecular complexity index is 493. The van der Waals surface area contributed by atoms with Crippen LogP contribution in [0, 0.1) is 0 Å². The van der Waals surface area contributed by atoms with Crippen LogP contribution in [0.15, 0.2) is 18.2 Å². The lowest BCUT2D eigenvalue weighted by molar-refractivity contribution is -0.142. The van der Waals surface area contributed by atoms with Gasteiger partial charge in [0, 0.05) is 13.1 Å². The molecular weight excluding hydrogens is 270 g/mol. The maximum atomic E-state index is 12.4. The number of carbonyl (C=O) groups excluding carboxylic acids is 1. The molecule has 1 aliphatic heterocycles. The van der Waals surface area contributed by atoms with E-state index in [1.165, 1.54) is 0 Å². The van der Waals surface area contributed by atoms with E-state index in [1.807, 2.05) is 36.9 Å². The van der Waals surface area contributed by atoms with Crippen molar-refractivity contribution >= 4 is 5.91 Å². The molecule has 2 rings (SSSR count). The molecule has 0 saturated carbocycles. The average Bonchev–Trinajstić information content (AvgIpc) is 2.46. The van der Waals surface area contributed by atoms with Gasteiger partial charge in [-0.1, -0.05) is 6.07 Å². The minimum atomic E-state index is 0.0862. The molecule has 0 aliphatic carbocycles. The van der Waals surface area contributed by atoms with Crippen molar-refractivity contribution in [3.8, 4) is 11.5 Å². The number of benzene rings is 1. The maximum Gasteiger partial charge on any atom is 0.227 e. The lowest BCUT2D eigenvalue weighted by Crippen LogP contribution is -2.48. The molecule has 0 N–H and O–H groups in total. The van der Waals surface area contributed by atoms with Gasteiger partial charge in [-0.3, -0.25) is 4.79 Å². The molecule has 1 fully saturated rings. The highest BCUT2D eigenvalue weighted by Crippen LogP contribution is 2.28. The Balaban J connectivity index is 2.05. The first kappa shape index (κ1) is 15.6. The molecule has 21 heavy (non-hydrogen) atoms. The van der Waals surface area contributed by atoms with Crippen molar-refractivity contribution in [2.75, 3.05) is 27.3 Å². The average molecular weight is 293 g/mol. The molecular formula is C16H23NO4. The topological polar surface area (TPSA) is 48.0 Å². The van der Waals surface area contributed by atoms with E-state index in [1.54, 1.807) is 14.2 Å². The summed E-state index contributed by atoms with van der Waals surface area (Å²) in [5, 5.41) is 0. The standard InChI is InChI=1S/C16H23NO4/c1-11-9-17(10-12(2)21-11)16(18)8-13-5-6-14(19-3)15(7-13)20-4/h5-7,11-12H,8-10H2,1-4H3/t11-,12-/m1/s1. The zero-order valence-corrected chi connectivity index (χ0v) is 13.1. The number of methoxy groups -OCH3 is 2. The second-order valence-electron chi connectivity index (χ2n) is 5.42. The highest BCUT2D eigenvalue weighted by atomic mass is 16.5. The summed E-state index contributed by atoms with van der Waals surface area (Å²) < 4.78 is 16.1. The van der Waals surface area contributed by atoms with Crippen LogP contribution in [0.4, 0.5) is 0 Å². The zero-order valence-electron chi connectivity index (χ0n) is 13.1. The van der Waals surface area contributed by atoms with Crippen molar-refractivity contribution < 1.29 is 19.0 Å². The number of amides is 1. The Morgan fingerprint density at radius 2 is 1.81 bits per heavy atom. The van der Waals surface area contributed by atoms with Crippen LogP contribution in [-0.2, 0) is 16.0 Å². The second kappa shape index (κ2) is 6.80. The van der Waals surface area contributed by atoms with Crippen LogP contribution >= 0.6 is 0 Å². The Labute approximate surface area is 125 Å². The Hall–Kier alpha value is -1.75. The number of hydrogen-bond donors (Lipinski definition) is 0. The van der Waals surface area contributed by atoms with Gasteiger partial charge < -0.3 is 19.1 Å². The van der Waals surface area contributed by atoms with Crippen molar-refractivity contribution in [2.45, 2.75) is 32.5 Å². The van der Waals surface area contributed by atoms with E-state index < -0.39 is 0 Å². The molecule has 0 aromatic heterocycles. The van der Waals surface area contributed by atoms with Gasteiger partial charge in [0.1, 0.15) is 0 Å². The first-order valence-corrected chi connectivity index (χ1v) is 7.17.